The van der Waals surface area contributed by atoms with Crippen LogP contribution in [0.1, 0.15) is 5.56 Å². The Hall–Kier alpha value is -3.61. The topological polar surface area (TPSA) is 96.3 Å². The fourth-order valence-electron chi connectivity index (χ4n) is 2.17. The number of nitrogens with one attached hydrogen (secondary N) is 3. The van der Waals surface area contributed by atoms with Crippen LogP contribution in [0.5, 0.6) is 11.5 Å². The molecule has 0 bridgehead atoms. The average Bonchev–Trinajstić information content (AvgIpc) is 2.70. The standard InChI is InChI=1S/C20H22N4O3/c1-22-12-16(11-21)14-27-19-10-15(5-7-18(19)26-2)6-8-20(25)24-17-4-3-9-23-13-17/h3-13,21-22H,14H2,1-2H3,(H,24,25)/b8-6+,16-12+,21-11?. The molecule has 2 aromatic rings. The van der Waals surface area contributed by atoms with Crippen molar-refractivity contribution in [2.45, 2.75) is 0 Å². The van der Waals surface area contributed by atoms with Crippen molar-refractivity contribution in [3.8, 4) is 11.5 Å². The number of methoxy groups -OCH3 is 1. The number of hydrogen-bond donors (Lipinski definition) is 3. The summed E-state index contributed by atoms with van der Waals surface area (Å²) in [6, 6.07) is 8.86. The van der Waals surface area contributed by atoms with Crippen molar-refractivity contribution in [3.05, 3.63) is 66.1 Å². The minimum absolute atomic E-state index is 0.218. The van der Waals surface area contributed by atoms with E-state index >= 15 is 0 Å². The zero-order valence-corrected chi connectivity index (χ0v) is 15.2. The molecule has 2 rings (SSSR count). The van der Waals surface area contributed by atoms with Crippen LogP contribution in [-0.2, 0) is 4.79 Å². The van der Waals surface area contributed by atoms with E-state index in [1.807, 2.05) is 6.07 Å². The molecule has 7 heteroatoms. The van der Waals surface area contributed by atoms with Crippen molar-refractivity contribution in [3.63, 3.8) is 0 Å². The van der Waals surface area contributed by atoms with E-state index in [9.17, 15) is 4.79 Å². The molecular weight excluding hydrogens is 344 g/mol. The summed E-state index contributed by atoms with van der Waals surface area (Å²) >= 11 is 0. The van der Waals surface area contributed by atoms with Gasteiger partial charge < -0.3 is 25.5 Å². The molecule has 0 saturated heterocycles. The van der Waals surface area contributed by atoms with Gasteiger partial charge in [0.1, 0.15) is 6.61 Å². The molecule has 0 spiro atoms. The quantitative estimate of drug-likeness (QED) is 0.468. The molecule has 0 radical (unpaired) electrons. The fraction of sp³-hybridized carbons (Fsp3) is 0.150. The first-order valence-corrected chi connectivity index (χ1v) is 8.23. The summed E-state index contributed by atoms with van der Waals surface area (Å²) in [6.07, 6.45) is 9.23. The summed E-state index contributed by atoms with van der Waals surface area (Å²) in [4.78, 5) is 15.9. The minimum Gasteiger partial charge on any atom is -0.493 e. The van der Waals surface area contributed by atoms with E-state index in [1.165, 1.54) is 12.3 Å². The average molecular weight is 366 g/mol. The number of anilines is 1. The second kappa shape index (κ2) is 10.4. The summed E-state index contributed by atoms with van der Waals surface area (Å²) in [5.41, 5.74) is 2.08. The van der Waals surface area contributed by atoms with E-state index < -0.39 is 0 Å². The molecule has 1 heterocycles. The fourth-order valence-corrected chi connectivity index (χ4v) is 2.17. The van der Waals surface area contributed by atoms with Crippen molar-refractivity contribution >= 4 is 23.9 Å². The van der Waals surface area contributed by atoms with Gasteiger partial charge in [0, 0.05) is 37.3 Å². The lowest BCUT2D eigenvalue weighted by atomic mass is 10.2. The molecule has 0 unspecified atom stereocenters. The van der Waals surface area contributed by atoms with Crippen LogP contribution >= 0.6 is 0 Å². The number of nitrogens with zero attached hydrogens (tertiary/aromatic N) is 1. The molecule has 0 aliphatic rings. The third-order valence-electron chi connectivity index (χ3n) is 3.45. The highest BCUT2D eigenvalue weighted by molar-refractivity contribution is 6.01. The summed E-state index contributed by atoms with van der Waals surface area (Å²) in [5, 5.41) is 13.0. The van der Waals surface area contributed by atoms with Crippen molar-refractivity contribution in [1.82, 2.24) is 10.3 Å². The van der Waals surface area contributed by atoms with Crippen molar-refractivity contribution in [2.75, 3.05) is 26.1 Å². The second-order valence-electron chi connectivity index (χ2n) is 5.42. The number of benzene rings is 1. The second-order valence-corrected chi connectivity index (χ2v) is 5.42. The van der Waals surface area contributed by atoms with E-state index in [2.05, 4.69) is 15.6 Å². The van der Waals surface area contributed by atoms with Gasteiger partial charge in [-0.15, -0.1) is 0 Å². The predicted molar refractivity (Wildman–Crippen MR) is 106 cm³/mol. The normalized spacial score (nSPS) is 11.1. The maximum absolute atomic E-state index is 12.0. The Balaban J connectivity index is 2.07. The molecule has 1 aromatic heterocycles. The summed E-state index contributed by atoms with van der Waals surface area (Å²) in [6.45, 7) is 0.218. The highest BCUT2D eigenvalue weighted by atomic mass is 16.5. The van der Waals surface area contributed by atoms with Gasteiger partial charge >= 0.3 is 0 Å². The van der Waals surface area contributed by atoms with E-state index in [-0.39, 0.29) is 12.5 Å². The highest BCUT2D eigenvalue weighted by Gasteiger charge is 2.06. The number of rotatable bonds is 9. The van der Waals surface area contributed by atoms with Gasteiger partial charge in [-0.25, -0.2) is 0 Å². The maximum Gasteiger partial charge on any atom is 0.248 e. The number of ether oxygens (including phenoxy) is 2. The zero-order valence-electron chi connectivity index (χ0n) is 15.2. The van der Waals surface area contributed by atoms with Crippen LogP contribution in [0.2, 0.25) is 0 Å². The lowest BCUT2D eigenvalue weighted by Crippen LogP contribution is -2.08. The summed E-state index contributed by atoms with van der Waals surface area (Å²) in [7, 11) is 3.31. The van der Waals surface area contributed by atoms with E-state index in [0.29, 0.717) is 22.8 Å². The minimum atomic E-state index is -0.260. The van der Waals surface area contributed by atoms with Gasteiger partial charge in [-0.2, -0.15) is 0 Å². The molecule has 0 fully saturated rings. The third kappa shape index (κ3) is 6.32. The first-order chi connectivity index (χ1) is 13.2. The Bertz CT molecular complexity index is 832. The van der Waals surface area contributed by atoms with Crippen LogP contribution < -0.4 is 20.1 Å². The van der Waals surface area contributed by atoms with E-state index in [0.717, 1.165) is 5.56 Å². The molecule has 140 valence electrons. The van der Waals surface area contributed by atoms with Gasteiger partial charge in [0.2, 0.25) is 5.91 Å². The predicted octanol–water partition coefficient (Wildman–Crippen LogP) is 2.87. The Morgan fingerprint density at radius 3 is 2.81 bits per heavy atom. The van der Waals surface area contributed by atoms with Gasteiger partial charge in [-0.05, 0) is 35.9 Å². The number of pyridine rings is 1. The van der Waals surface area contributed by atoms with Crippen LogP contribution in [0.25, 0.3) is 6.08 Å². The summed E-state index contributed by atoms with van der Waals surface area (Å²) < 4.78 is 11.1. The number of aromatic nitrogens is 1. The Labute approximate surface area is 158 Å². The van der Waals surface area contributed by atoms with Gasteiger partial charge in [0.15, 0.2) is 11.5 Å². The molecule has 1 amide bonds. The van der Waals surface area contributed by atoms with Crippen molar-refractivity contribution in [1.29, 1.82) is 5.41 Å². The first-order valence-electron chi connectivity index (χ1n) is 8.23. The van der Waals surface area contributed by atoms with Gasteiger partial charge in [-0.1, -0.05) is 6.07 Å². The van der Waals surface area contributed by atoms with Gasteiger partial charge in [-0.3, -0.25) is 9.78 Å². The van der Waals surface area contributed by atoms with Gasteiger partial charge in [0.05, 0.1) is 19.0 Å². The van der Waals surface area contributed by atoms with Crippen LogP contribution in [0, 0.1) is 5.41 Å². The lowest BCUT2D eigenvalue weighted by molar-refractivity contribution is -0.111. The van der Waals surface area contributed by atoms with E-state index in [4.69, 9.17) is 14.9 Å². The third-order valence-corrected chi connectivity index (χ3v) is 3.45. The molecule has 0 atom stereocenters. The molecular formula is C20H22N4O3. The van der Waals surface area contributed by atoms with Crippen LogP contribution in [-0.4, -0.2) is 37.9 Å². The summed E-state index contributed by atoms with van der Waals surface area (Å²) in [5.74, 6) is 0.834. The SMILES string of the molecule is CN/C=C(\C=N)COc1cc(/C=C/C(=O)Nc2cccnc2)ccc1OC. The molecule has 0 aliphatic carbocycles. The Morgan fingerprint density at radius 2 is 2.15 bits per heavy atom. The Morgan fingerprint density at radius 1 is 1.30 bits per heavy atom. The largest absolute Gasteiger partial charge is 0.493 e. The Kier molecular flexibility index (Phi) is 7.59. The smallest absolute Gasteiger partial charge is 0.248 e. The van der Waals surface area contributed by atoms with E-state index in [1.54, 1.807) is 63.1 Å². The highest BCUT2D eigenvalue weighted by Crippen LogP contribution is 2.28. The molecule has 27 heavy (non-hydrogen) atoms. The monoisotopic (exact) mass is 366 g/mol. The van der Waals surface area contributed by atoms with Gasteiger partial charge in [0.25, 0.3) is 0 Å². The molecule has 7 nitrogen and oxygen atoms in total. The van der Waals surface area contributed by atoms with Crippen LogP contribution in [0.15, 0.2) is 60.6 Å². The molecule has 1 aromatic carbocycles. The number of amides is 1. The molecule has 0 saturated carbocycles. The molecule has 3 N–H and O–H groups in total. The number of carbonyl (C=O) groups is 1. The number of hydrogen-bond acceptors (Lipinski definition) is 6. The maximum atomic E-state index is 12.0. The zero-order chi connectivity index (χ0) is 19.5. The number of carbonyl (C=O) groups excluding carboxylic acids is 1. The van der Waals surface area contributed by atoms with Crippen molar-refractivity contribution in [2.24, 2.45) is 0 Å². The lowest BCUT2D eigenvalue weighted by Gasteiger charge is -2.11. The molecule has 0 aliphatic heterocycles. The van der Waals surface area contributed by atoms with Crippen LogP contribution in [0.3, 0.4) is 0 Å². The van der Waals surface area contributed by atoms with Crippen LogP contribution in [0.4, 0.5) is 5.69 Å². The first kappa shape index (κ1) is 19.7. The van der Waals surface area contributed by atoms with Crippen molar-refractivity contribution < 1.29 is 14.3 Å².